The van der Waals surface area contributed by atoms with Crippen molar-refractivity contribution >= 4 is 11.6 Å². The normalized spacial score (nSPS) is 17.0. The quantitative estimate of drug-likeness (QED) is 0.623. The zero-order valence-electron chi connectivity index (χ0n) is 17.7. The predicted octanol–water partition coefficient (Wildman–Crippen LogP) is 4.01. The molecule has 156 valence electrons. The summed E-state index contributed by atoms with van der Waals surface area (Å²) in [5.41, 5.74) is 2.10. The Morgan fingerprint density at radius 3 is 2.57 bits per heavy atom. The number of carbonyl (C=O) groups excluding carboxylic acids is 1. The number of fused-ring (bicyclic) bond motifs is 1. The fraction of sp³-hybridized carbons (Fsp3) is 0.348. The molecule has 7 nitrogen and oxygen atoms in total. The van der Waals surface area contributed by atoms with E-state index < -0.39 is 0 Å². The summed E-state index contributed by atoms with van der Waals surface area (Å²) < 4.78 is 12.6. The number of rotatable bonds is 6. The maximum absolute atomic E-state index is 13.2. The first-order valence-corrected chi connectivity index (χ1v) is 9.92. The molecule has 0 fully saturated rings. The third kappa shape index (κ3) is 3.75. The molecule has 0 bridgehead atoms. The minimum absolute atomic E-state index is 0.00821. The lowest BCUT2D eigenvalue weighted by atomic mass is 9.90. The van der Waals surface area contributed by atoms with Gasteiger partial charge in [-0.3, -0.25) is 9.78 Å². The third-order valence-electron chi connectivity index (χ3n) is 5.48. The van der Waals surface area contributed by atoms with E-state index in [2.05, 4.69) is 29.2 Å². The van der Waals surface area contributed by atoms with Crippen molar-refractivity contribution in [2.75, 3.05) is 19.5 Å². The van der Waals surface area contributed by atoms with Crippen molar-refractivity contribution in [1.82, 2.24) is 14.8 Å². The highest BCUT2D eigenvalue weighted by Crippen LogP contribution is 2.39. The second-order valence-corrected chi connectivity index (χ2v) is 8.11. The highest BCUT2D eigenvalue weighted by atomic mass is 16.5. The number of methoxy groups -OCH3 is 2. The molecule has 1 aliphatic rings. The number of Topliss-reactive ketones (excluding diaryl/α,β-unsaturated/α-hetero) is 1. The van der Waals surface area contributed by atoms with E-state index >= 15 is 0 Å². The fourth-order valence-electron chi connectivity index (χ4n) is 3.96. The van der Waals surface area contributed by atoms with Crippen LogP contribution in [0.25, 0.3) is 0 Å². The van der Waals surface area contributed by atoms with Crippen molar-refractivity contribution in [2.24, 2.45) is 0 Å². The van der Waals surface area contributed by atoms with Crippen molar-refractivity contribution in [3.63, 3.8) is 0 Å². The Morgan fingerprint density at radius 1 is 1.20 bits per heavy atom. The molecule has 0 saturated heterocycles. The van der Waals surface area contributed by atoms with Crippen LogP contribution in [0, 0.1) is 0 Å². The van der Waals surface area contributed by atoms with Crippen LogP contribution in [0.15, 0.2) is 48.8 Å². The number of ether oxygens (including phenoxy) is 2. The van der Waals surface area contributed by atoms with Crippen LogP contribution in [0.5, 0.6) is 11.5 Å². The molecule has 1 aromatic carbocycles. The Bertz CT molecular complexity index is 1040. The lowest BCUT2D eigenvalue weighted by Crippen LogP contribution is -2.38. The van der Waals surface area contributed by atoms with Gasteiger partial charge in [0.2, 0.25) is 0 Å². The Kier molecular flexibility index (Phi) is 5.20. The number of anilines is 1. The van der Waals surface area contributed by atoms with Crippen molar-refractivity contribution in [3.8, 4) is 11.5 Å². The van der Waals surface area contributed by atoms with Crippen LogP contribution in [0.2, 0.25) is 0 Å². The van der Waals surface area contributed by atoms with Gasteiger partial charge < -0.3 is 14.8 Å². The molecule has 3 aromatic rings. The number of nitrogens with zero attached hydrogens (tertiary/aromatic N) is 3. The molecule has 0 aliphatic carbocycles. The zero-order chi connectivity index (χ0) is 21.3. The van der Waals surface area contributed by atoms with Crippen LogP contribution >= 0.6 is 0 Å². The smallest absolute Gasteiger partial charge is 0.172 e. The van der Waals surface area contributed by atoms with Crippen LogP contribution in [0.1, 0.15) is 47.9 Å². The van der Waals surface area contributed by atoms with E-state index in [0.717, 1.165) is 23.5 Å². The largest absolute Gasteiger partial charge is 0.497 e. The average molecular weight is 406 g/mol. The van der Waals surface area contributed by atoms with Gasteiger partial charge in [0.1, 0.15) is 17.3 Å². The summed E-state index contributed by atoms with van der Waals surface area (Å²) >= 11 is 0. The van der Waals surface area contributed by atoms with Gasteiger partial charge in [0.05, 0.1) is 43.3 Å². The van der Waals surface area contributed by atoms with Gasteiger partial charge in [-0.2, -0.15) is 5.10 Å². The maximum Gasteiger partial charge on any atom is 0.172 e. The second kappa shape index (κ2) is 7.82. The van der Waals surface area contributed by atoms with Gasteiger partial charge in [0.25, 0.3) is 0 Å². The Hall–Kier alpha value is -3.35. The molecule has 0 saturated carbocycles. The van der Waals surface area contributed by atoms with Crippen LogP contribution < -0.4 is 14.8 Å². The van der Waals surface area contributed by atoms with E-state index in [-0.39, 0.29) is 23.8 Å². The molecule has 30 heavy (non-hydrogen) atoms. The van der Waals surface area contributed by atoms with Gasteiger partial charge in [0, 0.05) is 18.7 Å². The van der Waals surface area contributed by atoms with Crippen molar-refractivity contribution in [3.05, 3.63) is 65.6 Å². The Balaban J connectivity index is 1.64. The highest BCUT2D eigenvalue weighted by Gasteiger charge is 2.37. The summed E-state index contributed by atoms with van der Waals surface area (Å²) in [6.45, 7) is 4.25. The Morgan fingerprint density at radius 2 is 1.93 bits per heavy atom. The summed E-state index contributed by atoms with van der Waals surface area (Å²) in [4.78, 5) is 17.7. The number of carbonyl (C=O) groups is 1. The second-order valence-electron chi connectivity index (χ2n) is 8.11. The fourth-order valence-corrected chi connectivity index (χ4v) is 3.96. The molecule has 0 amide bonds. The standard InChI is InChI=1S/C23H26N4O3/c1-23(2)13-20(19-7-5-6-8-24-19)26-22-18(14-25-27(22)23)21(28)11-15-9-16(29-3)12-17(10-15)30-4/h5-10,12,14,20,26H,11,13H2,1-4H3. The summed E-state index contributed by atoms with van der Waals surface area (Å²) in [6, 6.07) is 11.4. The molecule has 1 unspecified atom stereocenters. The summed E-state index contributed by atoms with van der Waals surface area (Å²) in [6.07, 6.45) is 4.49. The van der Waals surface area contributed by atoms with Crippen molar-refractivity contribution in [1.29, 1.82) is 0 Å². The molecule has 0 radical (unpaired) electrons. The lowest BCUT2D eigenvalue weighted by molar-refractivity contribution is 0.0993. The van der Waals surface area contributed by atoms with Crippen LogP contribution in [-0.4, -0.2) is 34.8 Å². The van der Waals surface area contributed by atoms with Gasteiger partial charge in [-0.25, -0.2) is 4.68 Å². The monoisotopic (exact) mass is 406 g/mol. The SMILES string of the molecule is COc1cc(CC(=O)c2cnn3c2NC(c2ccccn2)CC3(C)C)cc(OC)c1. The number of hydrogen-bond acceptors (Lipinski definition) is 6. The molecule has 2 aromatic heterocycles. The molecule has 3 heterocycles. The average Bonchev–Trinajstić information content (AvgIpc) is 3.19. The topological polar surface area (TPSA) is 78.3 Å². The van der Waals surface area contributed by atoms with E-state index in [4.69, 9.17) is 9.47 Å². The minimum Gasteiger partial charge on any atom is -0.497 e. The summed E-state index contributed by atoms with van der Waals surface area (Å²) in [7, 11) is 3.19. The van der Waals surface area contributed by atoms with Gasteiger partial charge in [0.15, 0.2) is 5.78 Å². The van der Waals surface area contributed by atoms with Crippen LogP contribution in [0.3, 0.4) is 0 Å². The minimum atomic E-state index is -0.250. The predicted molar refractivity (Wildman–Crippen MR) is 114 cm³/mol. The number of benzene rings is 1. The Labute approximate surface area is 176 Å². The van der Waals surface area contributed by atoms with Gasteiger partial charge in [-0.15, -0.1) is 0 Å². The van der Waals surface area contributed by atoms with E-state index in [0.29, 0.717) is 17.1 Å². The number of nitrogens with one attached hydrogen (secondary N) is 1. The molecule has 4 rings (SSSR count). The first-order valence-electron chi connectivity index (χ1n) is 9.92. The van der Waals surface area contributed by atoms with Gasteiger partial charge in [-0.1, -0.05) is 6.07 Å². The van der Waals surface area contributed by atoms with E-state index in [1.165, 1.54) is 0 Å². The van der Waals surface area contributed by atoms with Crippen molar-refractivity contribution < 1.29 is 14.3 Å². The van der Waals surface area contributed by atoms with Gasteiger partial charge >= 0.3 is 0 Å². The maximum atomic E-state index is 13.2. The molecule has 7 heteroatoms. The van der Waals surface area contributed by atoms with E-state index in [1.807, 2.05) is 35.0 Å². The molecule has 1 N–H and O–H groups in total. The van der Waals surface area contributed by atoms with Crippen LogP contribution in [0.4, 0.5) is 5.82 Å². The summed E-state index contributed by atoms with van der Waals surface area (Å²) in [5.74, 6) is 2.03. The molecule has 0 spiro atoms. The first-order chi connectivity index (χ1) is 14.4. The number of ketones is 1. The highest BCUT2D eigenvalue weighted by molar-refractivity contribution is 6.01. The third-order valence-corrected chi connectivity index (χ3v) is 5.48. The molecule has 1 atom stereocenters. The number of aromatic nitrogens is 3. The number of hydrogen-bond donors (Lipinski definition) is 1. The zero-order valence-corrected chi connectivity index (χ0v) is 17.7. The van der Waals surface area contributed by atoms with E-state index in [9.17, 15) is 4.79 Å². The molecular formula is C23H26N4O3. The van der Waals surface area contributed by atoms with E-state index in [1.54, 1.807) is 32.7 Å². The van der Waals surface area contributed by atoms with Crippen LogP contribution in [-0.2, 0) is 12.0 Å². The van der Waals surface area contributed by atoms with Crippen molar-refractivity contribution in [2.45, 2.75) is 38.3 Å². The molecular weight excluding hydrogens is 380 g/mol. The lowest BCUT2D eigenvalue weighted by Gasteiger charge is -2.37. The number of pyridine rings is 1. The van der Waals surface area contributed by atoms with Gasteiger partial charge in [-0.05, 0) is 50.1 Å². The summed E-state index contributed by atoms with van der Waals surface area (Å²) in [5, 5.41) is 8.03. The first kappa shape index (κ1) is 19.9. The molecule has 1 aliphatic heterocycles.